The van der Waals surface area contributed by atoms with E-state index in [2.05, 4.69) is 29.9 Å². The molecule has 6 heterocycles. The number of hydrogen-bond acceptors (Lipinski definition) is 10. The van der Waals surface area contributed by atoms with Gasteiger partial charge in [0, 0.05) is 86.0 Å². The summed E-state index contributed by atoms with van der Waals surface area (Å²) < 4.78 is 252. The van der Waals surface area contributed by atoms with Gasteiger partial charge in [0.25, 0.3) is 0 Å². The fraction of sp³-hybridized carbons (Fsp3) is 0.250. The van der Waals surface area contributed by atoms with E-state index in [9.17, 15) is 89.2 Å². The van der Waals surface area contributed by atoms with Crippen LogP contribution in [0.2, 0.25) is 0 Å². The number of benzene rings is 6. The highest BCUT2D eigenvalue weighted by atomic mass is 19.4. The van der Waals surface area contributed by atoms with E-state index in [1.54, 1.807) is 84.3 Å². The van der Waals surface area contributed by atoms with Crippen molar-refractivity contribution < 1.29 is 89.2 Å². The van der Waals surface area contributed by atoms with Crippen molar-refractivity contribution in [1.82, 2.24) is 29.9 Å². The molecule has 4 N–H and O–H groups in total. The molecule has 12 nitrogen and oxygen atoms in total. The van der Waals surface area contributed by atoms with Crippen molar-refractivity contribution in [3.63, 3.8) is 0 Å². The summed E-state index contributed by atoms with van der Waals surface area (Å²) in [5.41, 5.74) is -5.47. The third-order valence-electron chi connectivity index (χ3n) is 16.0. The number of aromatic amines is 2. The van der Waals surface area contributed by atoms with Crippen LogP contribution in [0.5, 0.6) is 0 Å². The number of pyridine rings is 2. The Kier molecular flexibility index (Phi) is 17.6. The summed E-state index contributed by atoms with van der Waals surface area (Å²) in [6.45, 7) is 3.50. The van der Waals surface area contributed by atoms with E-state index in [1.807, 2.05) is 0 Å². The second-order valence-corrected chi connectivity index (χ2v) is 22.3. The first-order chi connectivity index (χ1) is 44.2. The number of nitrogens with zero attached hydrogens (tertiary/aromatic N) is 8. The van der Waals surface area contributed by atoms with Gasteiger partial charge in [-0.1, -0.05) is 60.7 Å². The highest BCUT2D eigenvalue weighted by Crippen LogP contribution is 2.44. The minimum absolute atomic E-state index is 0.00273. The average Bonchev–Trinajstić information content (AvgIpc) is 1.35. The number of aliphatic hydroxyl groups is 2. The smallest absolute Gasteiger partial charge is 0.384 e. The number of imidazole rings is 2. The van der Waals surface area contributed by atoms with Crippen LogP contribution >= 0.6 is 0 Å². The van der Waals surface area contributed by atoms with E-state index in [-0.39, 0.29) is 118 Å². The summed E-state index contributed by atoms with van der Waals surface area (Å²) in [6, 6.07) is 22.1. The van der Waals surface area contributed by atoms with Gasteiger partial charge < -0.3 is 39.8 Å². The average molecular weight is 1330 g/mol. The van der Waals surface area contributed by atoms with Gasteiger partial charge in [0.15, 0.2) is 34.9 Å². The molecule has 492 valence electrons. The molecular formula is C64H48F18N10O2. The van der Waals surface area contributed by atoms with E-state index in [1.165, 1.54) is 22.2 Å². The molecular weight excluding hydrogens is 1280 g/mol. The molecule has 0 radical (unpaired) electrons. The fourth-order valence-corrected chi connectivity index (χ4v) is 11.4. The van der Waals surface area contributed by atoms with Crippen molar-refractivity contribution >= 4 is 45.6 Å². The number of aromatic nitrogens is 6. The number of anilines is 4. The first-order valence-electron chi connectivity index (χ1n) is 28.4. The number of piperazine rings is 2. The Morgan fingerprint density at radius 1 is 0.436 bits per heavy atom. The van der Waals surface area contributed by atoms with Gasteiger partial charge in [0.1, 0.15) is 23.8 Å². The van der Waals surface area contributed by atoms with E-state index in [0.717, 1.165) is 24.3 Å². The number of rotatable bonds is 10. The second kappa shape index (κ2) is 25.0. The van der Waals surface area contributed by atoms with Gasteiger partial charge in [-0.15, -0.1) is 0 Å². The van der Waals surface area contributed by atoms with Gasteiger partial charge >= 0.3 is 24.7 Å². The molecule has 0 aliphatic carbocycles. The topological polar surface area (TPSA) is 137 Å². The molecule has 4 atom stereocenters. The summed E-state index contributed by atoms with van der Waals surface area (Å²) in [4.78, 5) is 28.7. The summed E-state index contributed by atoms with van der Waals surface area (Å²) in [6.07, 6.45) is -19.6. The largest absolute Gasteiger partial charge is 0.419 e. The predicted octanol–water partition coefficient (Wildman–Crippen LogP) is 15.8. The Bertz CT molecular complexity index is 4120. The van der Waals surface area contributed by atoms with Crippen LogP contribution in [0.3, 0.4) is 0 Å². The van der Waals surface area contributed by atoms with Crippen LogP contribution in [-0.2, 0) is 24.7 Å². The molecule has 0 spiro atoms. The van der Waals surface area contributed by atoms with Gasteiger partial charge in [-0.25, -0.2) is 46.3 Å². The van der Waals surface area contributed by atoms with Gasteiger partial charge in [-0.2, -0.15) is 52.7 Å². The van der Waals surface area contributed by atoms with E-state index < -0.39 is 106 Å². The molecule has 12 rings (SSSR count). The first kappa shape index (κ1) is 65.9. The molecule has 10 aromatic rings. The summed E-state index contributed by atoms with van der Waals surface area (Å²) in [7, 11) is 0. The lowest BCUT2D eigenvalue weighted by Gasteiger charge is -2.41. The number of H-pyrrole nitrogens is 2. The van der Waals surface area contributed by atoms with Crippen LogP contribution in [0.1, 0.15) is 70.6 Å². The summed E-state index contributed by atoms with van der Waals surface area (Å²) >= 11 is 0. The van der Waals surface area contributed by atoms with Crippen molar-refractivity contribution in [2.45, 2.75) is 62.8 Å². The Hall–Kier alpha value is -9.58. The molecule has 94 heavy (non-hydrogen) atoms. The summed E-state index contributed by atoms with van der Waals surface area (Å²) in [5.74, 6) is -10.5. The van der Waals surface area contributed by atoms with Crippen molar-refractivity contribution in [3.8, 4) is 22.3 Å². The fourth-order valence-electron chi connectivity index (χ4n) is 11.4. The predicted molar refractivity (Wildman–Crippen MR) is 310 cm³/mol. The number of alkyl halides is 12. The molecule has 4 aromatic heterocycles. The number of fused-ring (bicyclic) bond motifs is 2. The van der Waals surface area contributed by atoms with E-state index in [4.69, 9.17) is 0 Å². The van der Waals surface area contributed by atoms with Crippen molar-refractivity contribution in [2.24, 2.45) is 0 Å². The van der Waals surface area contributed by atoms with Crippen molar-refractivity contribution in [2.75, 3.05) is 58.9 Å². The van der Waals surface area contributed by atoms with Crippen LogP contribution in [0.4, 0.5) is 103 Å². The Morgan fingerprint density at radius 3 is 1.09 bits per heavy atom. The highest BCUT2D eigenvalue weighted by Gasteiger charge is 2.42. The lowest BCUT2D eigenvalue weighted by molar-refractivity contribution is -0.138. The zero-order chi connectivity index (χ0) is 67.7. The first-order valence-corrected chi connectivity index (χ1v) is 28.4. The maximum absolute atomic E-state index is 14.3. The van der Waals surface area contributed by atoms with Gasteiger partial charge in [-0.3, -0.25) is 0 Å². The van der Waals surface area contributed by atoms with Crippen LogP contribution in [-0.4, -0.2) is 91.5 Å². The quantitative estimate of drug-likeness (QED) is 0.0774. The molecule has 2 aliphatic heterocycles. The molecule has 6 aromatic carbocycles. The second-order valence-electron chi connectivity index (χ2n) is 22.3. The van der Waals surface area contributed by atoms with Crippen molar-refractivity contribution in [1.29, 1.82) is 0 Å². The zero-order valence-corrected chi connectivity index (χ0v) is 48.5. The maximum atomic E-state index is 14.3. The lowest BCUT2D eigenvalue weighted by Crippen LogP contribution is -2.53. The Balaban J connectivity index is 0.000000192. The number of halogens is 18. The minimum atomic E-state index is -4.85. The van der Waals surface area contributed by atoms with Gasteiger partial charge in [-0.05, 0) is 96.8 Å². The van der Waals surface area contributed by atoms with Gasteiger partial charge in [0.2, 0.25) is 11.9 Å². The summed E-state index contributed by atoms with van der Waals surface area (Å²) in [5, 5.41) is 21.4. The van der Waals surface area contributed by atoms with Crippen LogP contribution in [0.15, 0.2) is 134 Å². The van der Waals surface area contributed by atoms with Crippen LogP contribution in [0.25, 0.3) is 44.3 Å². The molecule has 0 bridgehead atoms. The number of nitrogens with one attached hydrogen (secondary N) is 2. The SMILES string of the molecule is C[C@@H]1CN(c2ncc([C@@H](O)c3ccccc3)cc2C(F)(F)F)CCN1c1nc2c(-c3cc(F)c(F)c(F)c3)cc(C(F)(F)F)cc2[nH]1.C[C@@H]1CN(c2ncc([C@H](O)c3ccccc3)cc2C(F)(F)F)CCN1c1nc2c(-c3cc(F)c(F)c(F)c3)cc(C(F)(F)F)cc2[nH]1. The maximum Gasteiger partial charge on any atom is 0.419 e. The number of hydrogen-bond donors (Lipinski definition) is 4. The molecule has 0 amide bonds. The monoisotopic (exact) mass is 1330 g/mol. The van der Waals surface area contributed by atoms with E-state index >= 15 is 0 Å². The zero-order valence-electron chi connectivity index (χ0n) is 48.5. The molecule has 2 fully saturated rings. The minimum Gasteiger partial charge on any atom is -0.384 e. The number of aliphatic hydroxyl groups excluding tert-OH is 2. The third-order valence-corrected chi connectivity index (χ3v) is 16.0. The molecule has 2 aliphatic rings. The third kappa shape index (κ3) is 13.3. The lowest BCUT2D eigenvalue weighted by atomic mass is 10.0. The van der Waals surface area contributed by atoms with Crippen LogP contribution in [0, 0.1) is 34.9 Å². The highest BCUT2D eigenvalue weighted by molar-refractivity contribution is 5.95. The Morgan fingerprint density at radius 2 is 0.777 bits per heavy atom. The Labute approximate surface area is 520 Å². The molecule has 0 unspecified atom stereocenters. The van der Waals surface area contributed by atoms with Crippen molar-refractivity contribution in [3.05, 3.63) is 213 Å². The molecule has 30 heteroatoms. The normalized spacial score (nSPS) is 16.6. The molecule has 2 saturated heterocycles. The van der Waals surface area contributed by atoms with E-state index in [0.29, 0.717) is 47.5 Å². The molecule has 0 saturated carbocycles. The van der Waals surface area contributed by atoms with Crippen LogP contribution < -0.4 is 19.6 Å². The van der Waals surface area contributed by atoms with Gasteiger partial charge in [0.05, 0.1) is 44.3 Å². The standard InChI is InChI=1S/2C32H24F9N5O/c2*1-16-15-45(29-22(32(39,40)41)9-19(14-42-29)28(47)17-5-3-2-4-6-17)7-8-46(16)30-43-25-13-20(31(36,37)38)12-21(27(25)44-30)18-10-23(33)26(35)24(34)11-18/h2*2-6,9-14,16,28,47H,7-8,15H2,1H3,(H,43,44)/t16-,28+;16-,28-/m11/s1.